The predicted octanol–water partition coefficient (Wildman–Crippen LogP) is 1.28. The van der Waals surface area contributed by atoms with Crippen molar-refractivity contribution in [3.63, 3.8) is 0 Å². The lowest BCUT2D eigenvalue weighted by atomic mass is 10.1. The number of nitrogens with one attached hydrogen (secondary N) is 1. The first-order chi connectivity index (χ1) is 9.78. The van der Waals surface area contributed by atoms with Crippen molar-refractivity contribution in [3.05, 3.63) is 33.9 Å². The standard InChI is InChI=1S/C12H14N2O6S/c15-12(16)10-4-3-9(14(17)18)6-11(10)13-8-2-1-5-21(19,20)7-8/h3-4,6,8,13H,1-2,5,7H2,(H,15,16). The first-order valence-corrected chi connectivity index (χ1v) is 8.09. The zero-order chi connectivity index (χ0) is 15.6. The molecule has 2 N–H and O–H groups in total. The molecule has 1 aliphatic heterocycles. The van der Waals surface area contributed by atoms with Gasteiger partial charge in [0.15, 0.2) is 9.84 Å². The van der Waals surface area contributed by atoms with Crippen LogP contribution in [0.3, 0.4) is 0 Å². The molecule has 1 heterocycles. The number of sulfone groups is 1. The maximum Gasteiger partial charge on any atom is 0.337 e. The molecule has 1 fully saturated rings. The van der Waals surface area contributed by atoms with Gasteiger partial charge in [0, 0.05) is 18.2 Å². The Bertz CT molecular complexity index is 685. The lowest BCUT2D eigenvalue weighted by Crippen LogP contribution is -2.35. The molecule has 1 unspecified atom stereocenters. The van der Waals surface area contributed by atoms with Crippen LogP contribution < -0.4 is 5.32 Å². The fraction of sp³-hybridized carbons (Fsp3) is 0.417. The van der Waals surface area contributed by atoms with E-state index in [-0.39, 0.29) is 28.4 Å². The van der Waals surface area contributed by atoms with E-state index in [4.69, 9.17) is 5.11 Å². The Hall–Kier alpha value is -2.16. The molecule has 114 valence electrons. The summed E-state index contributed by atoms with van der Waals surface area (Å²) in [5.41, 5.74) is -0.302. The van der Waals surface area contributed by atoms with Crippen LogP contribution in [0.2, 0.25) is 0 Å². The van der Waals surface area contributed by atoms with Gasteiger partial charge in [0.1, 0.15) is 0 Å². The molecule has 1 aliphatic rings. The van der Waals surface area contributed by atoms with E-state index < -0.39 is 26.8 Å². The zero-order valence-electron chi connectivity index (χ0n) is 11.0. The topological polar surface area (TPSA) is 127 Å². The largest absolute Gasteiger partial charge is 0.478 e. The third kappa shape index (κ3) is 3.69. The van der Waals surface area contributed by atoms with E-state index in [0.717, 1.165) is 18.2 Å². The van der Waals surface area contributed by atoms with Crippen LogP contribution >= 0.6 is 0 Å². The molecule has 0 aromatic heterocycles. The monoisotopic (exact) mass is 314 g/mol. The summed E-state index contributed by atoms with van der Waals surface area (Å²) in [5.74, 6) is -1.22. The van der Waals surface area contributed by atoms with E-state index >= 15 is 0 Å². The molecular formula is C12H14N2O6S. The SMILES string of the molecule is O=C(O)c1ccc([N+](=O)[O-])cc1NC1CCCS(=O)(=O)C1. The quantitative estimate of drug-likeness (QED) is 0.633. The summed E-state index contributed by atoms with van der Waals surface area (Å²) < 4.78 is 23.2. The van der Waals surface area contributed by atoms with Gasteiger partial charge in [0.25, 0.3) is 5.69 Å². The fourth-order valence-corrected chi connectivity index (χ4v) is 3.94. The molecule has 0 radical (unpaired) electrons. The fourth-order valence-electron chi connectivity index (χ4n) is 2.31. The Balaban J connectivity index is 2.30. The number of benzene rings is 1. The summed E-state index contributed by atoms with van der Waals surface area (Å²) >= 11 is 0. The number of aromatic carboxylic acids is 1. The van der Waals surface area contributed by atoms with Gasteiger partial charge >= 0.3 is 5.97 Å². The van der Waals surface area contributed by atoms with Gasteiger partial charge in [-0.25, -0.2) is 13.2 Å². The minimum atomic E-state index is -3.16. The summed E-state index contributed by atoms with van der Waals surface area (Å²) in [5, 5.41) is 22.7. The van der Waals surface area contributed by atoms with Gasteiger partial charge < -0.3 is 10.4 Å². The highest BCUT2D eigenvalue weighted by molar-refractivity contribution is 7.91. The number of nitro benzene ring substituents is 1. The van der Waals surface area contributed by atoms with Gasteiger partial charge in [-0.05, 0) is 18.9 Å². The van der Waals surface area contributed by atoms with Gasteiger partial charge in [-0.2, -0.15) is 0 Å². The van der Waals surface area contributed by atoms with Crippen molar-refractivity contribution in [2.75, 3.05) is 16.8 Å². The number of carbonyl (C=O) groups is 1. The Kier molecular flexibility index (Phi) is 4.12. The first-order valence-electron chi connectivity index (χ1n) is 6.27. The van der Waals surface area contributed by atoms with Gasteiger partial charge in [-0.15, -0.1) is 0 Å². The molecular weight excluding hydrogens is 300 g/mol. The first kappa shape index (κ1) is 15.2. The Morgan fingerprint density at radius 3 is 2.71 bits per heavy atom. The van der Waals surface area contributed by atoms with E-state index in [0.29, 0.717) is 12.8 Å². The lowest BCUT2D eigenvalue weighted by Gasteiger charge is -2.24. The van der Waals surface area contributed by atoms with E-state index in [9.17, 15) is 23.3 Å². The van der Waals surface area contributed by atoms with E-state index in [1.165, 1.54) is 0 Å². The van der Waals surface area contributed by atoms with Crippen LogP contribution in [0.15, 0.2) is 18.2 Å². The number of hydrogen-bond acceptors (Lipinski definition) is 6. The second-order valence-electron chi connectivity index (χ2n) is 4.89. The number of anilines is 1. The average Bonchev–Trinajstić information content (AvgIpc) is 2.37. The van der Waals surface area contributed by atoms with Crippen molar-refractivity contribution in [1.29, 1.82) is 0 Å². The molecule has 1 saturated heterocycles. The van der Waals surface area contributed by atoms with Gasteiger partial charge in [0.05, 0.1) is 27.7 Å². The number of nitro groups is 1. The molecule has 0 aliphatic carbocycles. The predicted molar refractivity (Wildman–Crippen MR) is 75.4 cm³/mol. The molecule has 8 nitrogen and oxygen atoms in total. The number of rotatable bonds is 4. The number of carboxylic acids is 1. The average molecular weight is 314 g/mol. The van der Waals surface area contributed by atoms with Crippen molar-refractivity contribution >= 4 is 27.2 Å². The highest BCUT2D eigenvalue weighted by Gasteiger charge is 2.26. The molecule has 1 atom stereocenters. The van der Waals surface area contributed by atoms with Crippen LogP contribution in [0.5, 0.6) is 0 Å². The third-order valence-electron chi connectivity index (χ3n) is 3.27. The van der Waals surface area contributed by atoms with Crippen molar-refractivity contribution < 1.29 is 23.2 Å². The second kappa shape index (κ2) is 5.68. The number of nitrogens with zero attached hydrogens (tertiary/aromatic N) is 1. The molecule has 0 bridgehead atoms. The maximum absolute atomic E-state index is 11.6. The summed E-state index contributed by atoms with van der Waals surface area (Å²) in [7, 11) is -3.16. The van der Waals surface area contributed by atoms with Crippen molar-refractivity contribution in [2.24, 2.45) is 0 Å². The van der Waals surface area contributed by atoms with Crippen LogP contribution in [0, 0.1) is 10.1 Å². The zero-order valence-corrected chi connectivity index (χ0v) is 11.8. The van der Waals surface area contributed by atoms with E-state index in [1.807, 2.05) is 0 Å². The molecule has 0 saturated carbocycles. The van der Waals surface area contributed by atoms with Crippen molar-refractivity contribution in [2.45, 2.75) is 18.9 Å². The van der Waals surface area contributed by atoms with Gasteiger partial charge in [-0.3, -0.25) is 10.1 Å². The van der Waals surface area contributed by atoms with Crippen molar-refractivity contribution in [1.82, 2.24) is 0 Å². The minimum Gasteiger partial charge on any atom is -0.478 e. The minimum absolute atomic E-state index is 0.0683. The van der Waals surface area contributed by atoms with Crippen LogP contribution in [-0.2, 0) is 9.84 Å². The van der Waals surface area contributed by atoms with Crippen LogP contribution in [0.25, 0.3) is 0 Å². The van der Waals surface area contributed by atoms with Crippen LogP contribution in [0.4, 0.5) is 11.4 Å². The van der Waals surface area contributed by atoms with Gasteiger partial charge in [0.2, 0.25) is 0 Å². The molecule has 1 aromatic rings. The molecule has 0 spiro atoms. The molecule has 0 amide bonds. The number of non-ortho nitro benzene ring substituents is 1. The van der Waals surface area contributed by atoms with Crippen LogP contribution in [-0.4, -0.2) is 42.0 Å². The highest BCUT2D eigenvalue weighted by Crippen LogP contribution is 2.25. The summed E-state index contributed by atoms with van der Waals surface area (Å²) in [4.78, 5) is 21.3. The van der Waals surface area contributed by atoms with E-state index in [2.05, 4.69) is 5.32 Å². The van der Waals surface area contributed by atoms with Gasteiger partial charge in [-0.1, -0.05) is 0 Å². The van der Waals surface area contributed by atoms with E-state index in [1.54, 1.807) is 0 Å². The Morgan fingerprint density at radius 2 is 2.14 bits per heavy atom. The Labute approximate surface area is 120 Å². The van der Waals surface area contributed by atoms with Crippen LogP contribution in [0.1, 0.15) is 23.2 Å². The summed E-state index contributed by atoms with van der Waals surface area (Å²) in [6.45, 7) is 0. The summed E-state index contributed by atoms with van der Waals surface area (Å²) in [6, 6.07) is 2.92. The molecule has 9 heteroatoms. The third-order valence-corrected chi connectivity index (χ3v) is 5.09. The highest BCUT2D eigenvalue weighted by atomic mass is 32.2. The molecule has 21 heavy (non-hydrogen) atoms. The normalized spacial score (nSPS) is 20.7. The molecule has 1 aromatic carbocycles. The number of hydrogen-bond donors (Lipinski definition) is 2. The molecule has 2 rings (SSSR count). The lowest BCUT2D eigenvalue weighted by molar-refractivity contribution is -0.384. The smallest absolute Gasteiger partial charge is 0.337 e. The second-order valence-corrected chi connectivity index (χ2v) is 7.12. The van der Waals surface area contributed by atoms with Crippen molar-refractivity contribution in [3.8, 4) is 0 Å². The number of carboxylic acid groups (broad SMARTS) is 1. The Morgan fingerprint density at radius 1 is 1.43 bits per heavy atom. The summed E-state index contributed by atoms with van der Waals surface area (Å²) in [6.07, 6.45) is 1.05. The maximum atomic E-state index is 11.6.